The van der Waals surface area contributed by atoms with Crippen molar-refractivity contribution in [3.8, 4) is 5.75 Å². The summed E-state index contributed by atoms with van der Waals surface area (Å²) >= 11 is 0. The van der Waals surface area contributed by atoms with Crippen LogP contribution in [0.2, 0.25) is 0 Å². The third-order valence-electron chi connectivity index (χ3n) is 3.96. The first kappa shape index (κ1) is 13.2. The molecule has 106 valence electrons. The SMILES string of the molecule is O=C1CCCC(Oc2ccc(N3CCCC3=O)cc2)C1. The van der Waals surface area contributed by atoms with Gasteiger partial charge < -0.3 is 9.64 Å². The Morgan fingerprint density at radius 1 is 1.05 bits per heavy atom. The van der Waals surface area contributed by atoms with Crippen LogP contribution >= 0.6 is 0 Å². The quantitative estimate of drug-likeness (QED) is 0.850. The smallest absolute Gasteiger partial charge is 0.227 e. The molecule has 4 heteroatoms. The van der Waals surface area contributed by atoms with Crippen LogP contribution in [0.4, 0.5) is 5.69 Å². The molecule has 4 nitrogen and oxygen atoms in total. The van der Waals surface area contributed by atoms with Gasteiger partial charge in [-0.25, -0.2) is 0 Å². The van der Waals surface area contributed by atoms with E-state index in [4.69, 9.17) is 4.74 Å². The highest BCUT2D eigenvalue weighted by Gasteiger charge is 2.23. The van der Waals surface area contributed by atoms with Gasteiger partial charge in [-0.3, -0.25) is 9.59 Å². The van der Waals surface area contributed by atoms with E-state index in [0.717, 1.165) is 37.2 Å². The van der Waals surface area contributed by atoms with Crippen molar-refractivity contribution < 1.29 is 14.3 Å². The predicted octanol–water partition coefficient (Wildman–Crippen LogP) is 2.70. The maximum Gasteiger partial charge on any atom is 0.227 e. The maximum atomic E-state index is 11.7. The van der Waals surface area contributed by atoms with Gasteiger partial charge in [-0.2, -0.15) is 0 Å². The van der Waals surface area contributed by atoms with Crippen molar-refractivity contribution in [2.75, 3.05) is 11.4 Å². The second kappa shape index (κ2) is 5.65. The van der Waals surface area contributed by atoms with Gasteiger partial charge in [0.2, 0.25) is 5.91 Å². The highest BCUT2D eigenvalue weighted by Crippen LogP contribution is 2.26. The number of ether oxygens (including phenoxy) is 1. The van der Waals surface area contributed by atoms with Gasteiger partial charge in [-0.1, -0.05) is 0 Å². The molecule has 3 rings (SSSR count). The number of anilines is 1. The Morgan fingerprint density at radius 2 is 1.85 bits per heavy atom. The van der Waals surface area contributed by atoms with E-state index >= 15 is 0 Å². The lowest BCUT2D eigenvalue weighted by Gasteiger charge is -2.23. The molecule has 0 N–H and O–H groups in total. The summed E-state index contributed by atoms with van der Waals surface area (Å²) in [6.07, 6.45) is 4.66. The van der Waals surface area contributed by atoms with E-state index in [1.54, 1.807) is 0 Å². The third-order valence-corrected chi connectivity index (χ3v) is 3.96. The lowest BCUT2D eigenvalue weighted by molar-refractivity contribution is -0.122. The molecule has 2 aliphatic rings. The van der Waals surface area contributed by atoms with Crippen LogP contribution in [0.1, 0.15) is 38.5 Å². The summed E-state index contributed by atoms with van der Waals surface area (Å²) in [5.41, 5.74) is 0.930. The van der Waals surface area contributed by atoms with Gasteiger partial charge in [0.1, 0.15) is 17.6 Å². The highest BCUT2D eigenvalue weighted by molar-refractivity contribution is 5.95. The Balaban J connectivity index is 1.64. The molecule has 1 aromatic rings. The Labute approximate surface area is 118 Å². The molecule has 1 heterocycles. The number of hydrogen-bond acceptors (Lipinski definition) is 3. The minimum atomic E-state index is 0.00974. The molecule has 20 heavy (non-hydrogen) atoms. The average molecular weight is 273 g/mol. The molecule has 0 aromatic heterocycles. The van der Waals surface area contributed by atoms with Crippen LogP contribution in [0.5, 0.6) is 5.75 Å². The summed E-state index contributed by atoms with van der Waals surface area (Å²) < 4.78 is 5.85. The second-order valence-electron chi connectivity index (χ2n) is 5.52. The Hall–Kier alpha value is -1.84. The number of ketones is 1. The van der Waals surface area contributed by atoms with Crippen LogP contribution in [0.3, 0.4) is 0 Å². The van der Waals surface area contributed by atoms with Crippen molar-refractivity contribution in [2.45, 2.75) is 44.6 Å². The number of amides is 1. The lowest BCUT2D eigenvalue weighted by atomic mass is 9.96. The fraction of sp³-hybridized carbons (Fsp3) is 0.500. The van der Waals surface area contributed by atoms with E-state index in [1.807, 2.05) is 29.2 Å². The molecule has 0 spiro atoms. The monoisotopic (exact) mass is 273 g/mol. The van der Waals surface area contributed by atoms with Crippen molar-refractivity contribution in [3.63, 3.8) is 0 Å². The summed E-state index contributed by atoms with van der Waals surface area (Å²) in [6.45, 7) is 0.802. The first-order chi connectivity index (χ1) is 9.72. The van der Waals surface area contributed by atoms with Gasteiger partial charge in [-0.15, -0.1) is 0 Å². The fourth-order valence-electron chi connectivity index (χ4n) is 2.90. The van der Waals surface area contributed by atoms with Crippen LogP contribution < -0.4 is 9.64 Å². The summed E-state index contributed by atoms with van der Waals surface area (Å²) in [5.74, 6) is 1.26. The number of carbonyl (C=O) groups excluding carboxylic acids is 2. The molecule has 0 bridgehead atoms. The van der Waals surface area contributed by atoms with Crippen LogP contribution in [0.15, 0.2) is 24.3 Å². The first-order valence-electron chi connectivity index (χ1n) is 7.31. The van der Waals surface area contributed by atoms with Crippen LogP contribution in [-0.4, -0.2) is 24.3 Å². The number of carbonyl (C=O) groups is 2. The molecule has 1 saturated carbocycles. The number of hydrogen-bond donors (Lipinski definition) is 0. The molecule has 0 radical (unpaired) electrons. The van der Waals surface area contributed by atoms with Crippen molar-refractivity contribution in [1.29, 1.82) is 0 Å². The fourth-order valence-corrected chi connectivity index (χ4v) is 2.90. The van der Waals surface area contributed by atoms with Gasteiger partial charge in [-0.05, 0) is 43.5 Å². The zero-order valence-electron chi connectivity index (χ0n) is 11.5. The molecule has 1 unspecified atom stereocenters. The summed E-state index contributed by atoms with van der Waals surface area (Å²) in [5, 5.41) is 0. The van der Waals surface area contributed by atoms with Crippen LogP contribution in [0, 0.1) is 0 Å². The van der Waals surface area contributed by atoms with E-state index in [9.17, 15) is 9.59 Å². The van der Waals surface area contributed by atoms with E-state index in [1.165, 1.54) is 0 Å². The first-order valence-corrected chi connectivity index (χ1v) is 7.31. The Morgan fingerprint density at radius 3 is 2.50 bits per heavy atom. The lowest BCUT2D eigenvalue weighted by Crippen LogP contribution is -2.25. The van der Waals surface area contributed by atoms with Crippen molar-refractivity contribution in [2.24, 2.45) is 0 Å². The summed E-state index contributed by atoms with van der Waals surface area (Å²) in [6, 6.07) is 7.62. The number of rotatable bonds is 3. The number of Topliss-reactive ketones (excluding diaryl/α,β-unsaturated/α-hetero) is 1. The zero-order chi connectivity index (χ0) is 13.9. The summed E-state index contributed by atoms with van der Waals surface area (Å²) in [7, 11) is 0. The predicted molar refractivity (Wildman–Crippen MR) is 75.9 cm³/mol. The molecular formula is C16H19NO3. The maximum absolute atomic E-state index is 11.7. The van der Waals surface area contributed by atoms with Gasteiger partial charge in [0.15, 0.2) is 0 Å². The number of nitrogens with zero attached hydrogens (tertiary/aromatic N) is 1. The van der Waals surface area contributed by atoms with E-state index in [2.05, 4.69) is 0 Å². The van der Waals surface area contributed by atoms with Crippen LogP contribution in [0.25, 0.3) is 0 Å². The minimum absolute atomic E-state index is 0.00974. The average Bonchev–Trinajstić information content (AvgIpc) is 2.86. The van der Waals surface area contributed by atoms with Crippen molar-refractivity contribution in [3.05, 3.63) is 24.3 Å². The van der Waals surface area contributed by atoms with Gasteiger partial charge >= 0.3 is 0 Å². The minimum Gasteiger partial charge on any atom is -0.490 e. The molecule has 1 amide bonds. The standard InChI is InChI=1S/C16H19NO3/c18-13-3-1-4-15(11-13)20-14-8-6-12(7-9-14)17-10-2-5-16(17)19/h6-9,15H,1-5,10-11H2. The molecule has 1 aromatic carbocycles. The number of benzene rings is 1. The third kappa shape index (κ3) is 2.84. The second-order valence-corrected chi connectivity index (χ2v) is 5.52. The molecular weight excluding hydrogens is 254 g/mol. The largest absolute Gasteiger partial charge is 0.490 e. The normalized spacial score (nSPS) is 23.2. The molecule has 1 atom stereocenters. The molecule has 1 saturated heterocycles. The van der Waals surface area contributed by atoms with Gasteiger partial charge in [0.25, 0.3) is 0 Å². The molecule has 2 fully saturated rings. The van der Waals surface area contributed by atoms with Gasteiger partial charge in [0, 0.05) is 31.5 Å². The van der Waals surface area contributed by atoms with Crippen molar-refractivity contribution in [1.82, 2.24) is 0 Å². The molecule has 1 aliphatic heterocycles. The Kier molecular flexibility index (Phi) is 3.72. The van der Waals surface area contributed by atoms with Crippen molar-refractivity contribution >= 4 is 17.4 Å². The van der Waals surface area contributed by atoms with E-state index in [-0.39, 0.29) is 12.0 Å². The zero-order valence-corrected chi connectivity index (χ0v) is 11.5. The van der Waals surface area contributed by atoms with Crippen LogP contribution in [-0.2, 0) is 9.59 Å². The van der Waals surface area contributed by atoms with E-state index in [0.29, 0.717) is 25.0 Å². The van der Waals surface area contributed by atoms with E-state index < -0.39 is 0 Å². The molecule has 1 aliphatic carbocycles. The summed E-state index contributed by atoms with van der Waals surface area (Å²) in [4.78, 5) is 24.9. The van der Waals surface area contributed by atoms with Gasteiger partial charge in [0.05, 0.1) is 0 Å². The Bertz CT molecular complexity index is 509. The highest BCUT2D eigenvalue weighted by atomic mass is 16.5. The topological polar surface area (TPSA) is 46.6 Å².